The summed E-state index contributed by atoms with van der Waals surface area (Å²) in [4.78, 5) is 29.5. The predicted octanol–water partition coefficient (Wildman–Crippen LogP) is 5.24. The first-order chi connectivity index (χ1) is 16.1. The van der Waals surface area contributed by atoms with Crippen molar-refractivity contribution in [2.45, 2.75) is 6.61 Å². The highest BCUT2D eigenvalue weighted by Crippen LogP contribution is 2.31. The Bertz CT molecular complexity index is 1230. The third-order valence-electron chi connectivity index (χ3n) is 4.72. The Morgan fingerprint density at radius 2 is 1.61 bits per heavy atom. The molecule has 2 aromatic heterocycles. The second-order valence-corrected chi connectivity index (χ2v) is 7.92. The second kappa shape index (κ2) is 10.4. The Balaban J connectivity index is 1.40. The van der Waals surface area contributed by atoms with Crippen molar-refractivity contribution in [3.63, 3.8) is 0 Å². The third-order valence-corrected chi connectivity index (χ3v) is 5.58. The Hall–Kier alpha value is -4.17. The highest BCUT2D eigenvalue weighted by atomic mass is 32.1. The molecule has 0 fully saturated rings. The first kappa shape index (κ1) is 22.0. The first-order valence-electron chi connectivity index (χ1n) is 10.1. The molecule has 166 valence electrons. The largest absolute Gasteiger partial charge is 0.493 e. The van der Waals surface area contributed by atoms with Gasteiger partial charge in [0.15, 0.2) is 11.5 Å². The van der Waals surface area contributed by atoms with Crippen molar-refractivity contribution >= 4 is 34.5 Å². The van der Waals surface area contributed by atoms with E-state index in [1.54, 1.807) is 68.0 Å². The van der Waals surface area contributed by atoms with Gasteiger partial charge in [-0.25, -0.2) is 0 Å². The maximum absolute atomic E-state index is 12.7. The fourth-order valence-corrected chi connectivity index (χ4v) is 3.63. The lowest BCUT2D eigenvalue weighted by atomic mass is 10.2. The van der Waals surface area contributed by atoms with Crippen molar-refractivity contribution in [3.05, 3.63) is 101 Å². The number of hydrogen-bond acceptors (Lipinski definition) is 6. The van der Waals surface area contributed by atoms with Gasteiger partial charge in [-0.05, 0) is 65.5 Å². The molecule has 0 radical (unpaired) electrons. The number of thiophene rings is 1. The van der Waals surface area contributed by atoms with Crippen molar-refractivity contribution < 1.29 is 19.1 Å². The Labute approximate surface area is 195 Å². The lowest BCUT2D eigenvalue weighted by Gasteiger charge is -2.13. The summed E-state index contributed by atoms with van der Waals surface area (Å²) in [7, 11) is 1.56. The van der Waals surface area contributed by atoms with Gasteiger partial charge in [0.05, 0.1) is 12.0 Å². The summed E-state index contributed by atoms with van der Waals surface area (Å²) in [6.07, 6.45) is 3.40. The zero-order valence-electron chi connectivity index (χ0n) is 17.8. The summed E-state index contributed by atoms with van der Waals surface area (Å²) in [6, 6.07) is 19.2. The van der Waals surface area contributed by atoms with Gasteiger partial charge in [-0.1, -0.05) is 6.07 Å². The fraction of sp³-hybridized carbons (Fsp3) is 0.0800. The average Bonchev–Trinajstić information content (AvgIpc) is 3.39. The summed E-state index contributed by atoms with van der Waals surface area (Å²) >= 11 is 1.37. The topological polar surface area (TPSA) is 89.6 Å². The minimum Gasteiger partial charge on any atom is -0.493 e. The molecule has 2 amide bonds. The number of methoxy groups -OCH3 is 1. The molecule has 0 aliphatic rings. The average molecular weight is 460 g/mol. The molecule has 0 saturated carbocycles. The van der Waals surface area contributed by atoms with Crippen molar-refractivity contribution in [1.29, 1.82) is 0 Å². The van der Waals surface area contributed by atoms with Crippen LogP contribution in [-0.2, 0) is 6.61 Å². The number of carbonyl (C=O) groups is 2. The number of hydrogen-bond donors (Lipinski definition) is 2. The van der Waals surface area contributed by atoms with Crippen LogP contribution in [0.25, 0.3) is 0 Å². The van der Waals surface area contributed by atoms with Crippen LogP contribution in [0.4, 0.5) is 11.4 Å². The number of rotatable bonds is 8. The molecule has 8 heteroatoms. The summed E-state index contributed by atoms with van der Waals surface area (Å²) in [5.41, 5.74) is 2.61. The summed E-state index contributed by atoms with van der Waals surface area (Å²) in [6.45, 7) is 0.342. The standard InChI is InChI=1S/C25H21N3O4S/c1-31-21-9-8-20(15-22(21)32-16-17-10-12-26-13-11-17)28-24(29)18-4-6-19(7-5-18)27-25(30)23-3-2-14-33-23/h2-15H,16H2,1H3,(H,27,30)(H,28,29). The lowest BCUT2D eigenvalue weighted by molar-refractivity contribution is 0.102. The maximum Gasteiger partial charge on any atom is 0.265 e. The monoisotopic (exact) mass is 459 g/mol. The Morgan fingerprint density at radius 1 is 0.879 bits per heavy atom. The van der Waals surface area contributed by atoms with Crippen molar-refractivity contribution in [1.82, 2.24) is 4.98 Å². The Kier molecular flexibility index (Phi) is 6.96. The van der Waals surface area contributed by atoms with E-state index in [4.69, 9.17) is 9.47 Å². The molecule has 7 nitrogen and oxygen atoms in total. The van der Waals surface area contributed by atoms with Gasteiger partial charge in [0.25, 0.3) is 11.8 Å². The first-order valence-corrected chi connectivity index (χ1v) is 11.0. The SMILES string of the molecule is COc1ccc(NC(=O)c2ccc(NC(=O)c3cccs3)cc2)cc1OCc1ccncc1. The molecule has 0 atom stereocenters. The van der Waals surface area contributed by atoms with E-state index >= 15 is 0 Å². The molecule has 4 rings (SSSR count). The second-order valence-electron chi connectivity index (χ2n) is 6.97. The summed E-state index contributed by atoms with van der Waals surface area (Å²) in [5.74, 6) is 0.614. The number of benzene rings is 2. The minimum absolute atomic E-state index is 0.181. The zero-order chi connectivity index (χ0) is 23.0. The molecule has 0 spiro atoms. The van der Waals surface area contributed by atoms with Crippen LogP contribution in [0.1, 0.15) is 25.6 Å². The van der Waals surface area contributed by atoms with Crippen LogP contribution in [0.2, 0.25) is 0 Å². The van der Waals surface area contributed by atoms with Crippen LogP contribution in [0.5, 0.6) is 11.5 Å². The van der Waals surface area contributed by atoms with Gasteiger partial charge in [-0.3, -0.25) is 14.6 Å². The molecule has 0 saturated heterocycles. The number of nitrogens with one attached hydrogen (secondary N) is 2. The highest BCUT2D eigenvalue weighted by molar-refractivity contribution is 7.12. The molecule has 2 aromatic carbocycles. The van der Waals surface area contributed by atoms with E-state index in [2.05, 4.69) is 15.6 Å². The molecule has 2 N–H and O–H groups in total. The summed E-state index contributed by atoms with van der Waals surface area (Å²) < 4.78 is 11.2. The zero-order valence-corrected chi connectivity index (χ0v) is 18.6. The van der Waals surface area contributed by atoms with E-state index in [0.29, 0.717) is 39.9 Å². The van der Waals surface area contributed by atoms with E-state index in [0.717, 1.165) is 5.56 Å². The lowest BCUT2D eigenvalue weighted by Crippen LogP contribution is -2.13. The molecule has 33 heavy (non-hydrogen) atoms. The van der Waals surface area contributed by atoms with E-state index in [-0.39, 0.29) is 11.8 Å². The quantitative estimate of drug-likeness (QED) is 0.376. The molecule has 2 heterocycles. The highest BCUT2D eigenvalue weighted by Gasteiger charge is 2.12. The minimum atomic E-state index is -0.281. The van der Waals surface area contributed by atoms with E-state index in [1.165, 1.54) is 11.3 Å². The summed E-state index contributed by atoms with van der Waals surface area (Å²) in [5, 5.41) is 7.52. The number of aromatic nitrogens is 1. The number of amides is 2. The third kappa shape index (κ3) is 5.75. The van der Waals surface area contributed by atoms with Gasteiger partial charge in [0, 0.05) is 35.4 Å². The number of carbonyl (C=O) groups excluding carboxylic acids is 2. The number of anilines is 2. The molecular weight excluding hydrogens is 438 g/mol. The van der Waals surface area contributed by atoms with Crippen molar-refractivity contribution in [3.8, 4) is 11.5 Å². The van der Waals surface area contributed by atoms with E-state index in [9.17, 15) is 9.59 Å². The number of ether oxygens (including phenoxy) is 2. The number of nitrogens with zero attached hydrogens (tertiary/aromatic N) is 1. The van der Waals surface area contributed by atoms with Crippen molar-refractivity contribution in [2.75, 3.05) is 17.7 Å². The van der Waals surface area contributed by atoms with Crippen LogP contribution in [0, 0.1) is 0 Å². The van der Waals surface area contributed by atoms with Crippen LogP contribution in [-0.4, -0.2) is 23.9 Å². The van der Waals surface area contributed by atoms with Gasteiger partial charge in [-0.15, -0.1) is 11.3 Å². The van der Waals surface area contributed by atoms with Crippen LogP contribution in [0.3, 0.4) is 0 Å². The van der Waals surface area contributed by atoms with E-state index in [1.807, 2.05) is 23.6 Å². The smallest absolute Gasteiger partial charge is 0.265 e. The fourth-order valence-electron chi connectivity index (χ4n) is 3.02. The van der Waals surface area contributed by atoms with Gasteiger partial charge >= 0.3 is 0 Å². The normalized spacial score (nSPS) is 10.3. The van der Waals surface area contributed by atoms with E-state index < -0.39 is 0 Å². The van der Waals surface area contributed by atoms with Gasteiger partial charge in [0.1, 0.15) is 6.61 Å². The Morgan fingerprint density at radius 3 is 2.30 bits per heavy atom. The van der Waals surface area contributed by atoms with Gasteiger partial charge < -0.3 is 20.1 Å². The molecule has 0 unspecified atom stereocenters. The predicted molar refractivity (Wildman–Crippen MR) is 128 cm³/mol. The molecule has 0 aliphatic heterocycles. The molecule has 0 bridgehead atoms. The number of pyridine rings is 1. The molecular formula is C25H21N3O4S. The molecule has 0 aliphatic carbocycles. The van der Waals surface area contributed by atoms with Crippen LogP contribution in [0.15, 0.2) is 84.5 Å². The maximum atomic E-state index is 12.7. The van der Waals surface area contributed by atoms with Crippen LogP contribution < -0.4 is 20.1 Å². The van der Waals surface area contributed by atoms with Gasteiger partial charge in [-0.2, -0.15) is 0 Å². The van der Waals surface area contributed by atoms with Crippen LogP contribution >= 0.6 is 11.3 Å². The van der Waals surface area contributed by atoms with Crippen molar-refractivity contribution in [2.24, 2.45) is 0 Å². The van der Waals surface area contributed by atoms with Gasteiger partial charge in [0.2, 0.25) is 0 Å². The molecule has 4 aromatic rings.